The Hall–Kier alpha value is -1.47. The number of hydrogen-bond donors (Lipinski definition) is 2. The zero-order valence-electron chi connectivity index (χ0n) is 12.2. The van der Waals surface area contributed by atoms with Crippen LogP contribution in [0.15, 0.2) is 9.79 Å². The van der Waals surface area contributed by atoms with E-state index in [2.05, 4.69) is 16.9 Å². The van der Waals surface area contributed by atoms with Crippen LogP contribution in [-0.4, -0.2) is 53.0 Å². The van der Waals surface area contributed by atoms with Crippen LogP contribution in [0.2, 0.25) is 0 Å². The van der Waals surface area contributed by atoms with Crippen molar-refractivity contribution >= 4 is 18.4 Å². The van der Waals surface area contributed by atoms with Crippen molar-refractivity contribution in [1.82, 2.24) is 14.5 Å². The van der Waals surface area contributed by atoms with Gasteiger partial charge in [0.2, 0.25) is 5.88 Å². The van der Waals surface area contributed by atoms with Crippen molar-refractivity contribution in [1.29, 1.82) is 0 Å². The van der Waals surface area contributed by atoms with Gasteiger partial charge < -0.3 is 10.0 Å². The molecule has 0 spiro atoms. The lowest BCUT2D eigenvalue weighted by molar-refractivity contribution is 0.398. The van der Waals surface area contributed by atoms with Gasteiger partial charge in [0.05, 0.1) is 6.54 Å². The average molecular weight is 298 g/mol. The number of nitrogens with one attached hydrogen (secondary N) is 1. The molecule has 1 aromatic rings. The molecule has 0 fully saturated rings. The molecule has 0 saturated carbocycles. The fourth-order valence-corrected chi connectivity index (χ4v) is 1.90. The molecule has 0 amide bonds. The Morgan fingerprint density at radius 2 is 2.20 bits per heavy atom. The molecule has 2 N–H and O–H groups in total. The van der Waals surface area contributed by atoms with E-state index in [-0.39, 0.29) is 16.2 Å². The number of likely N-dealkylation sites (N-methyl/N-ethyl adjacent to an activating group) is 1. The molecule has 1 rings (SSSR count). The van der Waals surface area contributed by atoms with Crippen LogP contribution < -0.4 is 5.56 Å². The highest BCUT2D eigenvalue weighted by Crippen LogP contribution is 2.12. The van der Waals surface area contributed by atoms with Gasteiger partial charge in [-0.05, 0) is 32.7 Å². The number of H-pyrrole nitrogens is 1. The summed E-state index contributed by atoms with van der Waals surface area (Å²) < 4.78 is 1.78. The van der Waals surface area contributed by atoms with Gasteiger partial charge >= 0.3 is 0 Å². The van der Waals surface area contributed by atoms with E-state index in [0.717, 1.165) is 19.4 Å². The predicted octanol–water partition coefficient (Wildman–Crippen LogP) is 1.39. The van der Waals surface area contributed by atoms with Crippen LogP contribution in [0.25, 0.3) is 0 Å². The van der Waals surface area contributed by atoms with E-state index in [9.17, 15) is 9.90 Å². The third-order valence-corrected chi connectivity index (χ3v) is 3.16. The third-order valence-electron chi connectivity index (χ3n) is 2.84. The molecule has 20 heavy (non-hydrogen) atoms. The largest absolute Gasteiger partial charge is 0.494 e. The van der Waals surface area contributed by atoms with Gasteiger partial charge in [-0.25, -0.2) is 0 Å². The van der Waals surface area contributed by atoms with Gasteiger partial charge in [-0.15, -0.1) is 0 Å². The zero-order chi connectivity index (χ0) is 15.1. The Bertz CT molecular complexity index is 575. The van der Waals surface area contributed by atoms with Crippen LogP contribution in [0.3, 0.4) is 0 Å². The molecule has 0 aliphatic carbocycles. The first-order chi connectivity index (χ1) is 9.47. The van der Waals surface area contributed by atoms with Crippen LogP contribution in [0.4, 0.5) is 0 Å². The molecule has 0 atom stereocenters. The van der Waals surface area contributed by atoms with Crippen molar-refractivity contribution in [2.45, 2.75) is 26.3 Å². The molecular formula is C13H22N4O2S. The summed E-state index contributed by atoms with van der Waals surface area (Å²) in [7, 11) is 3.90. The molecule has 1 aromatic heterocycles. The van der Waals surface area contributed by atoms with E-state index in [4.69, 9.17) is 12.2 Å². The van der Waals surface area contributed by atoms with E-state index in [1.807, 2.05) is 19.0 Å². The highest BCUT2D eigenvalue weighted by Gasteiger charge is 2.10. The predicted molar refractivity (Wildman–Crippen MR) is 83.5 cm³/mol. The Kier molecular flexibility index (Phi) is 6.60. The highest BCUT2D eigenvalue weighted by molar-refractivity contribution is 7.71. The van der Waals surface area contributed by atoms with Gasteiger partial charge in [0.1, 0.15) is 5.56 Å². The summed E-state index contributed by atoms with van der Waals surface area (Å²) in [6, 6.07) is 0. The van der Waals surface area contributed by atoms with E-state index >= 15 is 0 Å². The van der Waals surface area contributed by atoms with Gasteiger partial charge in [0.15, 0.2) is 4.77 Å². The standard InChI is InChI=1S/C13H22N4O2S/c1-4-5-7-17-12(19)10(11(18)15-13(17)20)9-14-6-8-16(2)3/h9,19H,4-8H2,1-3H3,(H,15,18,20). The number of aliphatic imine (C=N–C) groups is 1. The van der Waals surface area contributed by atoms with Gasteiger partial charge in [-0.1, -0.05) is 13.3 Å². The molecule has 0 unspecified atom stereocenters. The average Bonchev–Trinajstić information content (AvgIpc) is 2.37. The van der Waals surface area contributed by atoms with Gasteiger partial charge in [0.25, 0.3) is 5.56 Å². The number of unbranched alkanes of at least 4 members (excludes halogenated alkanes) is 1. The molecule has 0 aliphatic rings. The van der Waals surface area contributed by atoms with Crippen molar-refractivity contribution in [2.75, 3.05) is 27.2 Å². The van der Waals surface area contributed by atoms with Crippen molar-refractivity contribution in [3.63, 3.8) is 0 Å². The summed E-state index contributed by atoms with van der Waals surface area (Å²) >= 11 is 5.07. The Labute approximate surface area is 123 Å². The lowest BCUT2D eigenvalue weighted by Gasteiger charge is -2.10. The van der Waals surface area contributed by atoms with E-state index in [1.54, 1.807) is 0 Å². The smallest absolute Gasteiger partial charge is 0.264 e. The van der Waals surface area contributed by atoms with Crippen LogP contribution in [0, 0.1) is 4.77 Å². The van der Waals surface area contributed by atoms with E-state index < -0.39 is 5.56 Å². The fourth-order valence-electron chi connectivity index (χ4n) is 1.63. The fraction of sp³-hybridized carbons (Fsp3) is 0.615. The molecule has 6 nitrogen and oxygen atoms in total. The molecule has 0 bridgehead atoms. The lowest BCUT2D eigenvalue weighted by Crippen LogP contribution is -2.19. The van der Waals surface area contributed by atoms with Gasteiger partial charge in [-0.2, -0.15) is 0 Å². The maximum atomic E-state index is 11.8. The Morgan fingerprint density at radius 3 is 2.80 bits per heavy atom. The SMILES string of the molecule is CCCCn1c(O)c(C=NCCN(C)C)c(=O)[nH]c1=S. The van der Waals surface area contributed by atoms with Crippen molar-refractivity contribution in [2.24, 2.45) is 4.99 Å². The molecule has 0 radical (unpaired) electrons. The molecule has 0 aliphatic heterocycles. The normalized spacial score (nSPS) is 11.6. The maximum Gasteiger partial charge on any atom is 0.264 e. The minimum absolute atomic E-state index is 0.110. The van der Waals surface area contributed by atoms with Crippen LogP contribution in [0.1, 0.15) is 25.3 Å². The number of aromatic amines is 1. The number of hydrogen-bond acceptors (Lipinski definition) is 5. The molecule has 7 heteroatoms. The van der Waals surface area contributed by atoms with Gasteiger partial charge in [-0.3, -0.25) is 19.3 Å². The molecule has 0 aromatic carbocycles. The number of nitrogens with zero attached hydrogens (tertiary/aromatic N) is 3. The lowest BCUT2D eigenvalue weighted by atomic mass is 10.3. The first kappa shape index (κ1) is 16.6. The third kappa shape index (κ3) is 4.57. The second-order valence-electron chi connectivity index (χ2n) is 4.84. The zero-order valence-corrected chi connectivity index (χ0v) is 13.0. The van der Waals surface area contributed by atoms with Crippen LogP contribution in [0.5, 0.6) is 5.88 Å². The van der Waals surface area contributed by atoms with Gasteiger partial charge in [0, 0.05) is 19.3 Å². The van der Waals surface area contributed by atoms with Crippen molar-refractivity contribution in [3.05, 3.63) is 20.7 Å². The molecule has 1 heterocycles. The monoisotopic (exact) mass is 298 g/mol. The van der Waals surface area contributed by atoms with E-state index in [1.165, 1.54) is 10.8 Å². The highest BCUT2D eigenvalue weighted by atomic mass is 32.1. The number of aromatic nitrogens is 2. The second kappa shape index (κ2) is 7.96. The van der Waals surface area contributed by atoms with E-state index in [0.29, 0.717) is 13.1 Å². The van der Waals surface area contributed by atoms with Crippen LogP contribution in [-0.2, 0) is 6.54 Å². The summed E-state index contributed by atoms with van der Waals surface area (Å²) in [4.78, 5) is 20.5. The molecular weight excluding hydrogens is 276 g/mol. The minimum atomic E-state index is -0.408. The number of rotatable bonds is 7. The summed E-state index contributed by atoms with van der Waals surface area (Å²) in [6.45, 7) is 3.98. The second-order valence-corrected chi connectivity index (χ2v) is 5.23. The summed E-state index contributed by atoms with van der Waals surface area (Å²) in [5.41, 5.74) is -0.248. The summed E-state index contributed by atoms with van der Waals surface area (Å²) in [6.07, 6.45) is 3.27. The minimum Gasteiger partial charge on any atom is -0.494 e. The quantitative estimate of drug-likeness (QED) is 0.589. The Balaban J connectivity index is 3.01. The first-order valence-electron chi connectivity index (χ1n) is 6.68. The topological polar surface area (TPSA) is 73.6 Å². The summed E-state index contributed by atoms with van der Waals surface area (Å²) in [5.74, 6) is -0.110. The van der Waals surface area contributed by atoms with Crippen LogP contribution >= 0.6 is 12.2 Å². The maximum absolute atomic E-state index is 11.8. The first-order valence-corrected chi connectivity index (χ1v) is 7.08. The Morgan fingerprint density at radius 1 is 1.50 bits per heavy atom. The number of aromatic hydroxyl groups is 1. The summed E-state index contributed by atoms with van der Waals surface area (Å²) in [5, 5.41) is 10.2. The van der Waals surface area contributed by atoms with Crippen molar-refractivity contribution in [3.8, 4) is 5.88 Å². The molecule has 0 saturated heterocycles. The molecule has 112 valence electrons. The van der Waals surface area contributed by atoms with Crippen molar-refractivity contribution < 1.29 is 5.11 Å².